The van der Waals surface area contributed by atoms with E-state index in [1.807, 2.05) is 6.92 Å². The second kappa shape index (κ2) is 7.65. The Hall–Kier alpha value is -1.75. The van der Waals surface area contributed by atoms with Crippen LogP contribution in [0, 0.1) is 0 Å². The Morgan fingerprint density at radius 1 is 1.16 bits per heavy atom. The molecule has 5 nitrogen and oxygen atoms in total. The molecule has 0 heterocycles. The molecule has 0 spiro atoms. The highest BCUT2D eigenvalue weighted by atomic mass is 32.2. The van der Waals surface area contributed by atoms with E-state index in [0.29, 0.717) is 6.42 Å². The van der Waals surface area contributed by atoms with Gasteiger partial charge in [0.2, 0.25) is 0 Å². The van der Waals surface area contributed by atoms with Crippen molar-refractivity contribution in [2.24, 2.45) is 0 Å². The highest BCUT2D eigenvalue weighted by molar-refractivity contribution is 7.86. The predicted molar refractivity (Wildman–Crippen MR) is 76.8 cm³/mol. The summed E-state index contributed by atoms with van der Waals surface area (Å²) in [6, 6.07) is 4.98. The van der Waals surface area contributed by atoms with Gasteiger partial charge in [-0.25, -0.2) is 4.79 Å². The molecule has 0 aromatic heterocycles. The van der Waals surface area contributed by atoms with Crippen molar-refractivity contribution in [1.82, 2.24) is 0 Å². The average molecular weight is 390 g/mol. The molecular formula is C14H15F5O5S. The third-order valence-electron chi connectivity index (χ3n) is 3.18. The van der Waals surface area contributed by atoms with E-state index in [-0.39, 0.29) is 0 Å². The SMILES string of the molecule is CCCCc1ccc(C(=O)OC(C(F)(F)F)C(F)(F)S(=O)(=O)O)cc1. The molecule has 0 aliphatic rings. The fourth-order valence-corrected chi connectivity index (χ4v) is 2.28. The van der Waals surface area contributed by atoms with Crippen molar-refractivity contribution < 1.29 is 44.5 Å². The molecule has 0 fully saturated rings. The first-order chi connectivity index (χ1) is 11.3. The zero-order chi connectivity index (χ0) is 19.5. The number of hydrogen-bond donors (Lipinski definition) is 1. The lowest BCUT2D eigenvalue weighted by molar-refractivity contribution is -0.248. The van der Waals surface area contributed by atoms with Gasteiger partial charge < -0.3 is 4.74 Å². The lowest BCUT2D eigenvalue weighted by Gasteiger charge is -2.26. The minimum Gasteiger partial charge on any atom is -0.441 e. The quantitative estimate of drug-likeness (QED) is 0.437. The summed E-state index contributed by atoms with van der Waals surface area (Å²) in [5.74, 6) is -1.80. The van der Waals surface area contributed by atoms with Crippen LogP contribution in [0.1, 0.15) is 35.7 Å². The van der Waals surface area contributed by atoms with Gasteiger partial charge in [-0.05, 0) is 30.5 Å². The summed E-state index contributed by atoms with van der Waals surface area (Å²) in [5.41, 5.74) is 0.301. The fraction of sp³-hybridized carbons (Fsp3) is 0.500. The average Bonchev–Trinajstić information content (AvgIpc) is 2.48. The van der Waals surface area contributed by atoms with Crippen molar-refractivity contribution in [3.8, 4) is 0 Å². The monoisotopic (exact) mass is 390 g/mol. The van der Waals surface area contributed by atoms with Gasteiger partial charge >= 0.3 is 27.5 Å². The molecule has 0 amide bonds. The Kier molecular flexibility index (Phi) is 6.51. The fourth-order valence-electron chi connectivity index (χ4n) is 1.82. The first kappa shape index (κ1) is 21.3. The molecule has 1 aromatic carbocycles. The van der Waals surface area contributed by atoms with Crippen LogP contribution in [0.25, 0.3) is 0 Å². The summed E-state index contributed by atoms with van der Waals surface area (Å²) in [4.78, 5) is 11.7. The molecule has 0 radical (unpaired) electrons. The van der Waals surface area contributed by atoms with Gasteiger partial charge in [-0.3, -0.25) is 4.55 Å². The maximum Gasteiger partial charge on any atom is 0.432 e. The van der Waals surface area contributed by atoms with Gasteiger partial charge in [0.25, 0.3) is 6.10 Å². The lowest BCUT2D eigenvalue weighted by Crippen LogP contribution is -2.52. The molecule has 142 valence electrons. The van der Waals surface area contributed by atoms with Gasteiger partial charge in [-0.2, -0.15) is 30.4 Å². The number of benzene rings is 1. The highest BCUT2D eigenvalue weighted by Gasteiger charge is 2.66. The molecule has 1 N–H and O–H groups in total. The maximum atomic E-state index is 13.3. The number of unbranched alkanes of at least 4 members (excludes halogenated alkanes) is 1. The van der Waals surface area contributed by atoms with Crippen LogP contribution < -0.4 is 0 Å². The molecule has 11 heteroatoms. The Morgan fingerprint density at radius 2 is 1.68 bits per heavy atom. The smallest absolute Gasteiger partial charge is 0.432 e. The first-order valence-electron chi connectivity index (χ1n) is 7.02. The van der Waals surface area contributed by atoms with Gasteiger partial charge in [0.05, 0.1) is 5.56 Å². The molecule has 0 saturated heterocycles. The molecular weight excluding hydrogens is 375 g/mol. The second-order valence-corrected chi connectivity index (χ2v) is 6.66. The molecule has 1 atom stereocenters. The van der Waals surface area contributed by atoms with Crippen LogP contribution in [0.15, 0.2) is 24.3 Å². The predicted octanol–water partition coefficient (Wildman–Crippen LogP) is 3.60. The number of carbonyl (C=O) groups is 1. The zero-order valence-corrected chi connectivity index (χ0v) is 13.7. The molecule has 0 aliphatic heterocycles. The van der Waals surface area contributed by atoms with Gasteiger partial charge in [0.15, 0.2) is 0 Å². The summed E-state index contributed by atoms with van der Waals surface area (Å²) in [5, 5.41) is -5.75. The van der Waals surface area contributed by atoms with E-state index in [1.54, 1.807) is 0 Å². The van der Waals surface area contributed by atoms with E-state index in [1.165, 1.54) is 12.1 Å². The number of carbonyl (C=O) groups excluding carboxylic acids is 1. The summed E-state index contributed by atoms with van der Waals surface area (Å²) >= 11 is 0. The van der Waals surface area contributed by atoms with Gasteiger partial charge in [-0.15, -0.1) is 0 Å². The minimum atomic E-state index is -6.46. The van der Waals surface area contributed by atoms with Crippen LogP contribution in [0.2, 0.25) is 0 Å². The molecule has 0 bridgehead atoms. The summed E-state index contributed by atoms with van der Waals surface area (Å²) in [7, 11) is -6.46. The molecule has 1 rings (SSSR count). The summed E-state index contributed by atoms with van der Waals surface area (Å²) in [6.45, 7) is 1.94. The van der Waals surface area contributed by atoms with Crippen LogP contribution in [-0.2, 0) is 21.3 Å². The van der Waals surface area contributed by atoms with Gasteiger partial charge in [0.1, 0.15) is 0 Å². The molecule has 0 aliphatic carbocycles. The van der Waals surface area contributed by atoms with Crippen LogP contribution in [0.5, 0.6) is 0 Å². The van der Waals surface area contributed by atoms with Crippen molar-refractivity contribution in [3.63, 3.8) is 0 Å². The normalized spacial score (nSPS) is 14.2. The molecule has 25 heavy (non-hydrogen) atoms. The van der Waals surface area contributed by atoms with E-state index in [0.717, 1.165) is 30.5 Å². The Bertz CT molecular complexity index is 697. The topological polar surface area (TPSA) is 80.7 Å². The zero-order valence-electron chi connectivity index (χ0n) is 12.9. The minimum absolute atomic E-state index is 0.472. The standard InChI is InChI=1S/C14H15F5O5S/c1-2-3-4-9-5-7-10(8-6-9)11(20)24-12(13(15,16)17)14(18,19)25(21,22)23/h5-8,12H,2-4H2,1H3,(H,21,22,23). The van der Waals surface area contributed by atoms with Crippen molar-refractivity contribution >= 4 is 16.1 Å². The number of ether oxygens (including phenoxy) is 1. The molecule has 1 unspecified atom stereocenters. The number of alkyl halides is 5. The number of esters is 1. The third-order valence-corrected chi connectivity index (χ3v) is 4.08. The van der Waals surface area contributed by atoms with Crippen LogP contribution in [-0.4, -0.2) is 36.5 Å². The third kappa shape index (κ3) is 5.36. The largest absolute Gasteiger partial charge is 0.441 e. The van der Waals surface area contributed by atoms with E-state index in [2.05, 4.69) is 4.74 Å². The number of rotatable bonds is 7. The van der Waals surface area contributed by atoms with Crippen molar-refractivity contribution in [2.45, 2.75) is 43.7 Å². The summed E-state index contributed by atoms with van der Waals surface area (Å²) < 4.78 is 97.8. The number of halogens is 5. The van der Waals surface area contributed by atoms with Gasteiger partial charge in [-0.1, -0.05) is 25.5 Å². The van der Waals surface area contributed by atoms with E-state index in [9.17, 15) is 35.2 Å². The van der Waals surface area contributed by atoms with Gasteiger partial charge in [0, 0.05) is 0 Å². The van der Waals surface area contributed by atoms with E-state index in [4.69, 9.17) is 4.55 Å². The van der Waals surface area contributed by atoms with E-state index < -0.39 is 39.2 Å². The summed E-state index contributed by atoms with van der Waals surface area (Å²) in [6.07, 6.45) is -7.89. The highest BCUT2D eigenvalue weighted by Crippen LogP contribution is 2.38. The van der Waals surface area contributed by atoms with Crippen molar-refractivity contribution in [1.29, 1.82) is 0 Å². The molecule has 0 saturated carbocycles. The molecule has 1 aromatic rings. The second-order valence-electron chi connectivity index (χ2n) is 5.16. The maximum absolute atomic E-state index is 13.3. The number of hydrogen-bond acceptors (Lipinski definition) is 4. The first-order valence-corrected chi connectivity index (χ1v) is 8.46. The lowest BCUT2D eigenvalue weighted by atomic mass is 10.1. The van der Waals surface area contributed by atoms with Crippen LogP contribution in [0.3, 0.4) is 0 Å². The Balaban J connectivity index is 3.04. The Labute approximate surface area is 140 Å². The van der Waals surface area contributed by atoms with Crippen molar-refractivity contribution in [2.75, 3.05) is 0 Å². The van der Waals surface area contributed by atoms with Crippen LogP contribution in [0.4, 0.5) is 22.0 Å². The Morgan fingerprint density at radius 3 is 2.08 bits per heavy atom. The van der Waals surface area contributed by atoms with Crippen molar-refractivity contribution in [3.05, 3.63) is 35.4 Å². The van der Waals surface area contributed by atoms with E-state index >= 15 is 0 Å². The number of aryl methyl sites for hydroxylation is 1. The van der Waals surface area contributed by atoms with Crippen LogP contribution >= 0.6 is 0 Å².